The third kappa shape index (κ3) is 26.5. The molecule has 0 saturated carbocycles. The number of hydrogen-bond donors (Lipinski definition) is 1. The summed E-state index contributed by atoms with van der Waals surface area (Å²) in [5.74, 6) is -2.67. The van der Waals surface area contributed by atoms with E-state index in [0.717, 1.165) is 25.7 Å². The van der Waals surface area contributed by atoms with Crippen LogP contribution in [0.3, 0.4) is 0 Å². The molecule has 0 aromatic rings. The van der Waals surface area contributed by atoms with Crippen LogP contribution in [0, 0.1) is 0 Å². The van der Waals surface area contributed by atoms with E-state index >= 15 is 0 Å². The highest BCUT2D eigenvalue weighted by Crippen LogP contribution is 2.14. The van der Waals surface area contributed by atoms with Crippen molar-refractivity contribution in [1.29, 1.82) is 0 Å². The second-order valence-electron chi connectivity index (χ2n) is 11.4. The van der Waals surface area contributed by atoms with Gasteiger partial charge in [-0.05, 0) is 19.3 Å². The molecule has 2 N–H and O–H groups in total. The lowest BCUT2D eigenvalue weighted by Crippen LogP contribution is -2.34. The van der Waals surface area contributed by atoms with Gasteiger partial charge in [-0.15, -0.1) is 0 Å². The van der Waals surface area contributed by atoms with Crippen LogP contribution in [-0.2, 0) is 28.7 Å². The van der Waals surface area contributed by atoms with Crippen LogP contribution in [0.5, 0.6) is 0 Å². The van der Waals surface area contributed by atoms with Crippen molar-refractivity contribution in [2.45, 2.75) is 187 Å². The van der Waals surface area contributed by atoms with E-state index < -0.39 is 29.9 Å². The van der Waals surface area contributed by atoms with Gasteiger partial charge in [-0.2, -0.15) is 0 Å². The monoisotopic (exact) mass is 567 g/mol. The molecule has 0 amide bonds. The Hall–Kier alpha value is -1.76. The van der Waals surface area contributed by atoms with Gasteiger partial charge in [0, 0.05) is 19.3 Å². The SMILES string of the molecule is CCCCCCCCCCCCCC(=O)OC(=O)CC[C@@H](N)C(=O)OC(=O)CCCCCCCCCCCCC. The van der Waals surface area contributed by atoms with Crippen LogP contribution in [0.1, 0.15) is 181 Å². The largest absolute Gasteiger partial charge is 0.393 e. The molecule has 0 radical (unpaired) electrons. The lowest BCUT2D eigenvalue weighted by atomic mass is 10.1. The average Bonchev–Trinajstić information content (AvgIpc) is 2.93. The summed E-state index contributed by atoms with van der Waals surface area (Å²) >= 11 is 0. The predicted molar refractivity (Wildman–Crippen MR) is 162 cm³/mol. The summed E-state index contributed by atoms with van der Waals surface area (Å²) in [5, 5.41) is 0. The third-order valence-corrected chi connectivity index (χ3v) is 7.37. The van der Waals surface area contributed by atoms with E-state index in [4.69, 9.17) is 15.2 Å². The zero-order valence-corrected chi connectivity index (χ0v) is 26.0. The first-order chi connectivity index (χ1) is 19.4. The quantitative estimate of drug-likeness (QED) is 0.0572. The van der Waals surface area contributed by atoms with Gasteiger partial charge in [-0.25, -0.2) is 4.79 Å². The van der Waals surface area contributed by atoms with Gasteiger partial charge in [0.1, 0.15) is 6.04 Å². The number of carbonyl (C=O) groups is 4. The summed E-state index contributed by atoms with van der Waals surface area (Å²) in [4.78, 5) is 47.7. The highest BCUT2D eigenvalue weighted by molar-refractivity contribution is 5.89. The van der Waals surface area contributed by atoms with E-state index in [0.29, 0.717) is 12.8 Å². The van der Waals surface area contributed by atoms with Gasteiger partial charge in [0.05, 0.1) is 0 Å². The fraction of sp³-hybridized carbons (Fsp3) is 0.879. The van der Waals surface area contributed by atoms with Gasteiger partial charge >= 0.3 is 23.9 Å². The number of ether oxygens (including phenoxy) is 2. The van der Waals surface area contributed by atoms with Gasteiger partial charge in [0.2, 0.25) is 0 Å². The molecule has 234 valence electrons. The Labute approximate surface area is 245 Å². The summed E-state index contributed by atoms with van der Waals surface area (Å²) < 4.78 is 9.64. The number of nitrogens with two attached hydrogens (primary N) is 1. The summed E-state index contributed by atoms with van der Waals surface area (Å²) in [7, 11) is 0. The summed E-state index contributed by atoms with van der Waals surface area (Å²) in [6.45, 7) is 4.45. The maximum atomic E-state index is 12.0. The van der Waals surface area contributed by atoms with Gasteiger partial charge in [-0.3, -0.25) is 14.4 Å². The molecule has 0 aromatic carbocycles. The van der Waals surface area contributed by atoms with Gasteiger partial charge in [0.15, 0.2) is 0 Å². The first-order valence-electron chi connectivity index (χ1n) is 16.6. The Morgan fingerprint density at radius 1 is 0.450 bits per heavy atom. The molecule has 0 aliphatic carbocycles. The van der Waals surface area contributed by atoms with Crippen molar-refractivity contribution < 1.29 is 28.7 Å². The Morgan fingerprint density at radius 2 is 0.750 bits per heavy atom. The van der Waals surface area contributed by atoms with Gasteiger partial charge in [0.25, 0.3) is 0 Å². The van der Waals surface area contributed by atoms with Crippen molar-refractivity contribution in [2.75, 3.05) is 0 Å². The van der Waals surface area contributed by atoms with E-state index in [1.807, 2.05) is 0 Å². The van der Waals surface area contributed by atoms with Crippen LogP contribution in [0.2, 0.25) is 0 Å². The Morgan fingerprint density at radius 3 is 1.12 bits per heavy atom. The number of esters is 4. The first kappa shape index (κ1) is 38.2. The lowest BCUT2D eigenvalue weighted by Gasteiger charge is -2.10. The van der Waals surface area contributed by atoms with E-state index in [9.17, 15) is 19.2 Å². The number of unbranched alkanes of at least 4 members (excludes halogenated alkanes) is 20. The number of rotatable bonds is 28. The molecule has 0 spiro atoms. The molecule has 0 heterocycles. The van der Waals surface area contributed by atoms with Crippen molar-refractivity contribution in [3.8, 4) is 0 Å². The number of carbonyl (C=O) groups excluding carboxylic acids is 4. The van der Waals surface area contributed by atoms with E-state index in [-0.39, 0.29) is 25.7 Å². The third-order valence-electron chi connectivity index (χ3n) is 7.37. The molecular formula is C33H61NO6. The van der Waals surface area contributed by atoms with Crippen LogP contribution >= 0.6 is 0 Å². The maximum Gasteiger partial charge on any atom is 0.330 e. The maximum absolute atomic E-state index is 12.0. The van der Waals surface area contributed by atoms with Gasteiger partial charge < -0.3 is 15.2 Å². The highest BCUT2D eigenvalue weighted by Gasteiger charge is 2.21. The molecule has 0 aromatic heterocycles. The minimum Gasteiger partial charge on any atom is -0.393 e. The molecule has 0 bridgehead atoms. The molecule has 0 fully saturated rings. The lowest BCUT2D eigenvalue weighted by molar-refractivity contribution is -0.160. The second-order valence-corrected chi connectivity index (χ2v) is 11.4. The zero-order valence-electron chi connectivity index (χ0n) is 26.0. The molecule has 7 nitrogen and oxygen atoms in total. The Balaban J connectivity index is 3.69. The molecular weight excluding hydrogens is 506 g/mol. The van der Waals surface area contributed by atoms with Gasteiger partial charge in [-0.1, -0.05) is 142 Å². The molecule has 0 unspecified atom stereocenters. The molecule has 0 aliphatic heterocycles. The molecule has 0 aliphatic rings. The Bertz CT molecular complexity index is 651. The molecule has 40 heavy (non-hydrogen) atoms. The summed E-state index contributed by atoms with van der Waals surface area (Å²) in [6.07, 6.45) is 26.2. The van der Waals surface area contributed by atoms with Crippen molar-refractivity contribution in [2.24, 2.45) is 5.73 Å². The molecule has 0 saturated heterocycles. The van der Waals surface area contributed by atoms with Crippen LogP contribution in [0.4, 0.5) is 0 Å². The minimum absolute atomic E-state index is 0.0326. The second kappa shape index (κ2) is 28.8. The zero-order chi connectivity index (χ0) is 29.7. The van der Waals surface area contributed by atoms with Crippen molar-refractivity contribution in [3.05, 3.63) is 0 Å². The minimum atomic E-state index is -1.10. The smallest absolute Gasteiger partial charge is 0.330 e. The van der Waals surface area contributed by atoms with Crippen LogP contribution in [-0.4, -0.2) is 29.9 Å². The fourth-order valence-electron chi connectivity index (χ4n) is 4.73. The van der Waals surface area contributed by atoms with E-state index in [2.05, 4.69) is 13.8 Å². The summed E-state index contributed by atoms with van der Waals surface area (Å²) in [6, 6.07) is -1.10. The van der Waals surface area contributed by atoms with Crippen LogP contribution in [0.25, 0.3) is 0 Å². The average molecular weight is 568 g/mol. The highest BCUT2D eigenvalue weighted by atomic mass is 16.6. The van der Waals surface area contributed by atoms with Crippen molar-refractivity contribution >= 4 is 23.9 Å². The normalized spacial score (nSPS) is 11.8. The Kier molecular flexibility index (Phi) is 27.5. The van der Waals surface area contributed by atoms with Crippen LogP contribution < -0.4 is 5.73 Å². The first-order valence-corrected chi connectivity index (χ1v) is 16.6. The molecule has 7 heteroatoms. The summed E-state index contributed by atoms with van der Waals surface area (Å²) in [5.41, 5.74) is 5.76. The fourth-order valence-corrected chi connectivity index (χ4v) is 4.73. The predicted octanol–water partition coefficient (Wildman–Crippen LogP) is 8.64. The van der Waals surface area contributed by atoms with Crippen molar-refractivity contribution in [3.63, 3.8) is 0 Å². The molecule has 1 atom stereocenters. The van der Waals surface area contributed by atoms with Crippen LogP contribution in [0.15, 0.2) is 0 Å². The molecule has 0 rings (SSSR count). The standard InChI is InChI=1S/C33H61NO6/c1-3-5-7-9-11-13-15-17-19-21-23-25-30(35)39-32(37)28-27-29(34)33(38)40-31(36)26-24-22-20-18-16-14-12-10-8-6-4-2/h29H,3-28,34H2,1-2H3/t29-/m1/s1. The topological polar surface area (TPSA) is 113 Å². The number of hydrogen-bond acceptors (Lipinski definition) is 7. The van der Waals surface area contributed by atoms with E-state index in [1.54, 1.807) is 0 Å². The van der Waals surface area contributed by atoms with E-state index in [1.165, 1.54) is 103 Å². The van der Waals surface area contributed by atoms with Crippen molar-refractivity contribution in [1.82, 2.24) is 0 Å².